The first-order chi connectivity index (χ1) is 21.9. The largest absolute Gasteiger partial charge is 0.467 e. The molecular formula is C33H47FN4O8. The molecule has 1 aromatic carbocycles. The van der Waals surface area contributed by atoms with Crippen LogP contribution in [0.25, 0.3) is 0 Å². The molecule has 254 valence electrons. The number of nitrogens with zero attached hydrogens (tertiary/aromatic N) is 2. The number of alkyl carbamates (subject to hydrolysis) is 1. The van der Waals surface area contributed by atoms with Gasteiger partial charge in [-0.2, -0.15) is 0 Å². The Morgan fingerprint density at radius 1 is 0.978 bits per heavy atom. The van der Waals surface area contributed by atoms with E-state index in [0.29, 0.717) is 36.8 Å². The number of fused-ring (bicyclic) bond motifs is 2. The Kier molecular flexibility index (Phi) is 11.9. The molecule has 3 heterocycles. The molecule has 13 heteroatoms. The summed E-state index contributed by atoms with van der Waals surface area (Å²) in [6, 6.07) is 1.70. The molecule has 1 aromatic rings. The first-order valence-corrected chi connectivity index (χ1v) is 16.3. The summed E-state index contributed by atoms with van der Waals surface area (Å²) in [5, 5.41) is 5.46. The van der Waals surface area contributed by atoms with Crippen LogP contribution < -0.4 is 10.6 Å². The van der Waals surface area contributed by atoms with Crippen molar-refractivity contribution >= 4 is 30.0 Å². The number of rotatable bonds is 3. The van der Waals surface area contributed by atoms with Gasteiger partial charge in [-0.25, -0.2) is 18.8 Å². The third-order valence-corrected chi connectivity index (χ3v) is 8.58. The summed E-state index contributed by atoms with van der Waals surface area (Å²) in [6.07, 6.45) is 4.44. The topological polar surface area (TPSA) is 144 Å². The summed E-state index contributed by atoms with van der Waals surface area (Å²) in [5.41, 5.74) is 0.321. The van der Waals surface area contributed by atoms with E-state index in [9.17, 15) is 28.4 Å². The highest BCUT2D eigenvalue weighted by Gasteiger charge is 2.45. The minimum Gasteiger partial charge on any atom is -0.467 e. The second kappa shape index (κ2) is 15.6. The fraction of sp³-hybridized carbons (Fsp3) is 0.667. The normalized spacial score (nSPS) is 24.8. The third-order valence-electron chi connectivity index (χ3n) is 8.58. The molecule has 4 amide bonds. The standard InChI is InChI=1S/C33H47FN4O8/c1-33(2,3)46-31(42)36-25-15-10-8-6-5-7-9-11-16-26(30(41)44-4)35-28(39)27-17-22(19-38(27)29(25)40)45-32(43)37-18-21-13-12-14-24(34)23(21)20-37/h12-14,22,25-27H,5-11,15-20H2,1-4H3,(H,35,39)(H,36,42). The van der Waals surface area contributed by atoms with Gasteiger partial charge in [-0.15, -0.1) is 0 Å². The fourth-order valence-corrected chi connectivity index (χ4v) is 6.25. The Hall–Kier alpha value is -3.90. The number of methoxy groups -OCH3 is 1. The van der Waals surface area contributed by atoms with Crippen LogP contribution in [0, 0.1) is 5.82 Å². The van der Waals surface area contributed by atoms with Crippen LogP contribution in [-0.4, -0.2) is 83.3 Å². The Labute approximate surface area is 269 Å². The number of carbonyl (C=O) groups excluding carboxylic acids is 5. The molecule has 4 atom stereocenters. The molecule has 2 saturated heterocycles. The van der Waals surface area contributed by atoms with Gasteiger partial charge in [-0.1, -0.05) is 57.1 Å². The molecule has 0 saturated carbocycles. The molecule has 2 N–H and O–H groups in total. The lowest BCUT2D eigenvalue weighted by atomic mass is 10.0. The highest BCUT2D eigenvalue weighted by Crippen LogP contribution is 2.28. The summed E-state index contributed by atoms with van der Waals surface area (Å²) < 4.78 is 30.5. The number of nitrogens with one attached hydrogen (secondary N) is 2. The Morgan fingerprint density at radius 2 is 1.65 bits per heavy atom. The smallest absolute Gasteiger partial charge is 0.410 e. The molecule has 0 aliphatic carbocycles. The number of amides is 4. The number of esters is 1. The van der Waals surface area contributed by atoms with Crippen LogP contribution in [0.2, 0.25) is 0 Å². The fourth-order valence-electron chi connectivity index (χ4n) is 6.25. The molecule has 2 fully saturated rings. The van der Waals surface area contributed by atoms with Crippen LogP contribution in [-0.2, 0) is 41.7 Å². The van der Waals surface area contributed by atoms with Crippen LogP contribution in [0.3, 0.4) is 0 Å². The third kappa shape index (κ3) is 9.32. The van der Waals surface area contributed by atoms with E-state index in [1.165, 1.54) is 23.0 Å². The second-order valence-electron chi connectivity index (χ2n) is 13.3. The van der Waals surface area contributed by atoms with E-state index in [1.54, 1.807) is 32.9 Å². The monoisotopic (exact) mass is 646 g/mol. The number of benzene rings is 1. The zero-order valence-corrected chi connectivity index (χ0v) is 27.3. The van der Waals surface area contributed by atoms with Gasteiger partial charge in [-0.05, 0) is 45.2 Å². The Morgan fingerprint density at radius 3 is 2.30 bits per heavy atom. The molecule has 12 nitrogen and oxygen atoms in total. The number of halogens is 1. The lowest BCUT2D eigenvalue weighted by Crippen LogP contribution is -2.55. The quantitative estimate of drug-likeness (QED) is 0.365. The average molecular weight is 647 g/mol. The van der Waals surface area contributed by atoms with Gasteiger partial charge in [-0.3, -0.25) is 14.5 Å². The summed E-state index contributed by atoms with van der Waals surface area (Å²) in [5.74, 6) is -2.08. The lowest BCUT2D eigenvalue weighted by molar-refractivity contribution is -0.146. The number of carbonyl (C=O) groups is 5. The molecule has 4 rings (SSSR count). The molecule has 0 bridgehead atoms. The van der Waals surface area contributed by atoms with E-state index >= 15 is 0 Å². The highest BCUT2D eigenvalue weighted by atomic mass is 19.1. The minimum absolute atomic E-state index is 0.0223. The lowest BCUT2D eigenvalue weighted by Gasteiger charge is -2.30. The summed E-state index contributed by atoms with van der Waals surface area (Å²) in [7, 11) is 1.25. The van der Waals surface area contributed by atoms with Crippen molar-refractivity contribution in [1.29, 1.82) is 0 Å². The Balaban J connectivity index is 1.55. The van der Waals surface area contributed by atoms with Crippen LogP contribution in [0.5, 0.6) is 0 Å². The van der Waals surface area contributed by atoms with Crippen molar-refractivity contribution < 1.29 is 42.6 Å². The molecule has 0 radical (unpaired) electrons. The van der Waals surface area contributed by atoms with Crippen LogP contribution >= 0.6 is 0 Å². The van der Waals surface area contributed by atoms with Crippen molar-refractivity contribution in [2.75, 3.05) is 13.7 Å². The SMILES string of the molecule is COC(=O)C1CCCCCCCCCC(NC(=O)OC(C)(C)C)C(=O)N2CC(OC(=O)N3Cc4cccc(F)c4C3)CC2C(=O)N1. The van der Waals surface area contributed by atoms with E-state index in [2.05, 4.69) is 10.6 Å². The van der Waals surface area contributed by atoms with Crippen LogP contribution in [0.4, 0.5) is 14.0 Å². The van der Waals surface area contributed by atoms with Crippen molar-refractivity contribution in [3.8, 4) is 0 Å². The molecule has 0 aromatic heterocycles. The number of hydrogen-bond acceptors (Lipinski definition) is 8. The van der Waals surface area contributed by atoms with Gasteiger partial charge in [0.05, 0.1) is 20.2 Å². The molecule has 3 aliphatic rings. The first kappa shape index (κ1) is 35.0. The second-order valence-corrected chi connectivity index (χ2v) is 13.3. The van der Waals surface area contributed by atoms with Gasteiger partial charge in [0.15, 0.2) is 0 Å². The zero-order valence-electron chi connectivity index (χ0n) is 27.3. The highest BCUT2D eigenvalue weighted by molar-refractivity contribution is 5.93. The minimum atomic E-state index is -1.08. The molecular weight excluding hydrogens is 599 g/mol. The number of ether oxygens (including phenoxy) is 3. The summed E-state index contributed by atoms with van der Waals surface area (Å²) in [4.78, 5) is 69.1. The molecule has 0 spiro atoms. The van der Waals surface area contributed by atoms with Gasteiger partial charge in [0.2, 0.25) is 11.8 Å². The van der Waals surface area contributed by atoms with Crippen LogP contribution in [0.15, 0.2) is 18.2 Å². The van der Waals surface area contributed by atoms with Gasteiger partial charge in [0, 0.05) is 18.5 Å². The van der Waals surface area contributed by atoms with Gasteiger partial charge in [0.1, 0.15) is 35.6 Å². The van der Waals surface area contributed by atoms with Crippen molar-refractivity contribution in [3.05, 3.63) is 35.1 Å². The van der Waals surface area contributed by atoms with Crippen molar-refractivity contribution in [2.45, 2.75) is 128 Å². The zero-order chi connectivity index (χ0) is 33.4. The number of hydrogen-bond donors (Lipinski definition) is 2. The molecule has 4 unspecified atom stereocenters. The molecule has 46 heavy (non-hydrogen) atoms. The van der Waals surface area contributed by atoms with Gasteiger partial charge < -0.3 is 29.7 Å². The maximum Gasteiger partial charge on any atom is 0.410 e. The van der Waals surface area contributed by atoms with E-state index in [-0.39, 0.29) is 26.1 Å². The average Bonchev–Trinajstić information content (AvgIpc) is 3.62. The molecule has 3 aliphatic heterocycles. The summed E-state index contributed by atoms with van der Waals surface area (Å²) in [6.45, 7) is 5.28. The van der Waals surface area contributed by atoms with Crippen molar-refractivity contribution in [2.24, 2.45) is 0 Å². The Bertz CT molecular complexity index is 1280. The van der Waals surface area contributed by atoms with Crippen molar-refractivity contribution in [3.63, 3.8) is 0 Å². The predicted molar refractivity (Wildman–Crippen MR) is 165 cm³/mol. The van der Waals surface area contributed by atoms with Gasteiger partial charge >= 0.3 is 18.2 Å². The first-order valence-electron chi connectivity index (χ1n) is 16.3. The predicted octanol–water partition coefficient (Wildman–Crippen LogP) is 4.32. The van der Waals surface area contributed by atoms with Crippen LogP contribution in [0.1, 0.15) is 96.1 Å². The van der Waals surface area contributed by atoms with E-state index in [4.69, 9.17) is 14.2 Å². The van der Waals surface area contributed by atoms with E-state index in [1.807, 2.05) is 0 Å². The maximum absolute atomic E-state index is 14.3. The maximum atomic E-state index is 14.3. The van der Waals surface area contributed by atoms with E-state index < -0.39 is 65.6 Å². The van der Waals surface area contributed by atoms with E-state index in [0.717, 1.165) is 32.1 Å². The summed E-state index contributed by atoms with van der Waals surface area (Å²) >= 11 is 0. The van der Waals surface area contributed by atoms with Crippen molar-refractivity contribution in [1.82, 2.24) is 20.4 Å². The van der Waals surface area contributed by atoms with Gasteiger partial charge in [0.25, 0.3) is 0 Å².